The molecule has 0 aromatic heterocycles. The van der Waals surface area contributed by atoms with Crippen molar-refractivity contribution in [3.63, 3.8) is 0 Å². The number of anilines is 1. The highest BCUT2D eigenvalue weighted by Gasteiger charge is 2.44. The Bertz CT molecular complexity index is 898. The summed E-state index contributed by atoms with van der Waals surface area (Å²) < 4.78 is 20.2. The second-order valence-corrected chi connectivity index (χ2v) is 7.38. The third kappa shape index (κ3) is 3.87. The molecule has 1 amide bonds. The van der Waals surface area contributed by atoms with E-state index in [1.165, 1.54) is 6.07 Å². The summed E-state index contributed by atoms with van der Waals surface area (Å²) in [5, 5.41) is 12.4. The van der Waals surface area contributed by atoms with Crippen LogP contribution in [0, 0.1) is 17.1 Å². The second-order valence-electron chi connectivity index (χ2n) is 7.38. The lowest BCUT2D eigenvalue weighted by molar-refractivity contribution is -0.121. The molecule has 0 spiro atoms. The van der Waals surface area contributed by atoms with Gasteiger partial charge in [0.1, 0.15) is 17.6 Å². The highest BCUT2D eigenvalue weighted by atomic mass is 19.1. The lowest BCUT2D eigenvalue weighted by atomic mass is 9.77. The maximum Gasteiger partial charge on any atom is 0.235 e. The standard InChI is InChI=1S/C23H25FN2O2/c1-3-16(2)28-18-10-11-21(17(14-18)15-25)26-22(27)23(12-6-7-13-23)19-8-4-5-9-20(19)24/h4-5,8-11,14,16H,3,6-7,12-13H2,1-2H3,(H,26,27). The highest BCUT2D eigenvalue weighted by Crippen LogP contribution is 2.43. The first-order valence-electron chi connectivity index (χ1n) is 9.77. The van der Waals surface area contributed by atoms with E-state index >= 15 is 0 Å². The zero-order valence-electron chi connectivity index (χ0n) is 16.3. The number of carbonyl (C=O) groups excluding carboxylic acids is 1. The summed E-state index contributed by atoms with van der Waals surface area (Å²) >= 11 is 0. The van der Waals surface area contributed by atoms with Gasteiger partial charge in [-0.15, -0.1) is 0 Å². The fourth-order valence-corrected chi connectivity index (χ4v) is 3.80. The van der Waals surface area contributed by atoms with Crippen LogP contribution in [0.2, 0.25) is 0 Å². The van der Waals surface area contributed by atoms with Gasteiger partial charge in [0.25, 0.3) is 0 Å². The number of amides is 1. The first-order chi connectivity index (χ1) is 13.5. The van der Waals surface area contributed by atoms with E-state index in [-0.39, 0.29) is 17.8 Å². The Balaban J connectivity index is 1.89. The summed E-state index contributed by atoms with van der Waals surface area (Å²) in [4.78, 5) is 13.2. The number of nitriles is 1. The van der Waals surface area contributed by atoms with Gasteiger partial charge in [-0.25, -0.2) is 4.39 Å². The zero-order valence-corrected chi connectivity index (χ0v) is 16.3. The van der Waals surface area contributed by atoms with Crippen molar-refractivity contribution >= 4 is 11.6 Å². The topological polar surface area (TPSA) is 62.1 Å². The van der Waals surface area contributed by atoms with Crippen LogP contribution in [0.3, 0.4) is 0 Å². The van der Waals surface area contributed by atoms with Gasteiger partial charge >= 0.3 is 0 Å². The predicted molar refractivity (Wildman–Crippen MR) is 107 cm³/mol. The fourth-order valence-electron chi connectivity index (χ4n) is 3.80. The number of carbonyl (C=O) groups is 1. The average molecular weight is 380 g/mol. The van der Waals surface area contributed by atoms with Crippen LogP contribution >= 0.6 is 0 Å². The molecule has 2 aromatic rings. The quantitative estimate of drug-likeness (QED) is 0.737. The molecule has 1 saturated carbocycles. The van der Waals surface area contributed by atoms with E-state index in [9.17, 15) is 14.4 Å². The van der Waals surface area contributed by atoms with Crippen LogP contribution < -0.4 is 10.1 Å². The molecule has 1 aliphatic carbocycles. The number of ether oxygens (including phenoxy) is 1. The van der Waals surface area contributed by atoms with Crippen LogP contribution in [0.5, 0.6) is 5.75 Å². The summed E-state index contributed by atoms with van der Waals surface area (Å²) in [6, 6.07) is 13.6. The fraction of sp³-hybridized carbons (Fsp3) is 0.391. The van der Waals surface area contributed by atoms with Crippen molar-refractivity contribution < 1.29 is 13.9 Å². The SMILES string of the molecule is CCC(C)Oc1ccc(NC(=O)C2(c3ccccc3F)CCCC2)c(C#N)c1. The van der Waals surface area contributed by atoms with Gasteiger partial charge < -0.3 is 10.1 Å². The number of nitrogens with one attached hydrogen (secondary N) is 1. The van der Waals surface area contributed by atoms with Gasteiger partial charge in [0.2, 0.25) is 5.91 Å². The van der Waals surface area contributed by atoms with E-state index in [4.69, 9.17) is 4.74 Å². The van der Waals surface area contributed by atoms with Crippen LogP contribution in [0.1, 0.15) is 57.1 Å². The van der Waals surface area contributed by atoms with E-state index in [1.54, 1.807) is 36.4 Å². The first kappa shape index (κ1) is 19.9. The molecule has 146 valence electrons. The molecule has 0 radical (unpaired) electrons. The molecule has 5 heteroatoms. The largest absolute Gasteiger partial charge is 0.491 e. The molecule has 0 aliphatic heterocycles. The molecule has 1 unspecified atom stereocenters. The summed E-state index contributed by atoms with van der Waals surface area (Å²) in [5.74, 6) is -0.0341. The van der Waals surface area contributed by atoms with Crippen LogP contribution in [0.15, 0.2) is 42.5 Å². The molecular weight excluding hydrogens is 355 g/mol. The monoisotopic (exact) mass is 380 g/mol. The van der Waals surface area contributed by atoms with E-state index in [1.807, 2.05) is 13.8 Å². The van der Waals surface area contributed by atoms with Crippen LogP contribution in [0.4, 0.5) is 10.1 Å². The van der Waals surface area contributed by atoms with Crippen LogP contribution in [0.25, 0.3) is 0 Å². The molecule has 1 fully saturated rings. The van der Waals surface area contributed by atoms with Crippen molar-refractivity contribution in [2.75, 3.05) is 5.32 Å². The van der Waals surface area contributed by atoms with Gasteiger partial charge in [-0.1, -0.05) is 38.0 Å². The van der Waals surface area contributed by atoms with Crippen molar-refractivity contribution in [1.29, 1.82) is 5.26 Å². The van der Waals surface area contributed by atoms with Crippen molar-refractivity contribution in [3.8, 4) is 11.8 Å². The van der Waals surface area contributed by atoms with Gasteiger partial charge in [0, 0.05) is 11.6 Å². The maximum atomic E-state index is 14.5. The predicted octanol–water partition coefficient (Wildman–Crippen LogP) is 5.33. The van der Waals surface area contributed by atoms with Crippen molar-refractivity contribution in [1.82, 2.24) is 0 Å². The van der Waals surface area contributed by atoms with Crippen molar-refractivity contribution in [3.05, 3.63) is 59.4 Å². The minimum atomic E-state index is -0.899. The third-order valence-electron chi connectivity index (χ3n) is 5.55. The maximum absolute atomic E-state index is 14.5. The summed E-state index contributed by atoms with van der Waals surface area (Å²) in [6.07, 6.45) is 3.82. The second kappa shape index (κ2) is 8.43. The molecule has 1 aliphatic rings. The average Bonchev–Trinajstić information content (AvgIpc) is 3.20. The van der Waals surface area contributed by atoms with Gasteiger partial charge in [-0.05, 0) is 44.4 Å². The molecule has 28 heavy (non-hydrogen) atoms. The summed E-state index contributed by atoms with van der Waals surface area (Å²) in [6.45, 7) is 3.98. The zero-order chi connectivity index (χ0) is 20.1. The van der Waals surface area contributed by atoms with Crippen molar-refractivity contribution in [2.24, 2.45) is 0 Å². The molecule has 0 bridgehead atoms. The Kier molecular flexibility index (Phi) is 5.99. The lowest BCUT2D eigenvalue weighted by Gasteiger charge is -2.29. The molecule has 0 saturated heterocycles. The summed E-state index contributed by atoms with van der Waals surface area (Å²) in [5.41, 5.74) is 0.284. The van der Waals surface area contributed by atoms with Crippen LogP contribution in [-0.2, 0) is 10.2 Å². The molecule has 2 aromatic carbocycles. The van der Waals surface area contributed by atoms with E-state index < -0.39 is 5.41 Å². The Morgan fingerprint density at radius 2 is 2.00 bits per heavy atom. The number of halogens is 1. The first-order valence-corrected chi connectivity index (χ1v) is 9.77. The lowest BCUT2D eigenvalue weighted by Crippen LogP contribution is -2.38. The van der Waals surface area contributed by atoms with E-state index in [0.717, 1.165) is 19.3 Å². The van der Waals surface area contributed by atoms with Gasteiger partial charge in [0.15, 0.2) is 0 Å². The molecular formula is C23H25FN2O2. The normalized spacial score (nSPS) is 16.2. The highest BCUT2D eigenvalue weighted by molar-refractivity contribution is 6.00. The van der Waals surface area contributed by atoms with Gasteiger partial charge in [-0.3, -0.25) is 4.79 Å². The number of nitrogens with zero attached hydrogens (tertiary/aromatic N) is 1. The number of rotatable bonds is 6. The van der Waals surface area contributed by atoms with E-state index in [2.05, 4.69) is 11.4 Å². The van der Waals surface area contributed by atoms with Crippen LogP contribution in [-0.4, -0.2) is 12.0 Å². The molecule has 1 N–H and O–H groups in total. The smallest absolute Gasteiger partial charge is 0.235 e. The third-order valence-corrected chi connectivity index (χ3v) is 5.55. The Morgan fingerprint density at radius 3 is 2.64 bits per heavy atom. The molecule has 4 nitrogen and oxygen atoms in total. The molecule has 0 heterocycles. The van der Waals surface area contributed by atoms with Gasteiger partial charge in [-0.2, -0.15) is 5.26 Å². The molecule has 3 rings (SSSR count). The van der Waals surface area contributed by atoms with Gasteiger partial charge in [0.05, 0.1) is 22.8 Å². The minimum absolute atomic E-state index is 0.0368. The number of benzene rings is 2. The Hall–Kier alpha value is -2.87. The molecule has 1 atom stereocenters. The number of hydrogen-bond acceptors (Lipinski definition) is 3. The van der Waals surface area contributed by atoms with E-state index in [0.29, 0.717) is 35.4 Å². The minimum Gasteiger partial charge on any atom is -0.491 e. The Labute approximate surface area is 165 Å². The summed E-state index contributed by atoms with van der Waals surface area (Å²) in [7, 11) is 0. The Morgan fingerprint density at radius 1 is 1.29 bits per heavy atom. The number of hydrogen-bond donors (Lipinski definition) is 1. The van der Waals surface area contributed by atoms with Crippen molar-refractivity contribution in [2.45, 2.75) is 57.5 Å².